The smallest absolute Gasteiger partial charge is 0.410 e. The molecule has 0 radical (unpaired) electrons. The summed E-state index contributed by atoms with van der Waals surface area (Å²) in [6.07, 6.45) is -0.184. The van der Waals surface area contributed by atoms with Crippen LogP contribution >= 0.6 is 11.6 Å². The lowest BCUT2D eigenvalue weighted by Crippen LogP contribution is -2.37. The maximum atomic E-state index is 12.2. The number of hydrogen-bond acceptors (Lipinski definition) is 4. The van der Waals surface area contributed by atoms with Gasteiger partial charge < -0.3 is 14.4 Å². The molecule has 138 valence electrons. The Morgan fingerprint density at radius 2 is 1.84 bits per heavy atom. The fourth-order valence-electron chi connectivity index (χ4n) is 3.76. The summed E-state index contributed by atoms with van der Waals surface area (Å²) in [5, 5.41) is 0.637. The van der Waals surface area contributed by atoms with Crippen molar-refractivity contribution in [2.24, 2.45) is 11.8 Å². The molecule has 1 amide bonds. The van der Waals surface area contributed by atoms with Gasteiger partial charge in [-0.15, -0.1) is 0 Å². The summed E-state index contributed by atoms with van der Waals surface area (Å²) >= 11 is 6.09. The third-order valence-corrected chi connectivity index (χ3v) is 5.15. The van der Waals surface area contributed by atoms with Crippen LogP contribution in [0.2, 0.25) is 5.02 Å². The second kappa shape index (κ2) is 7.04. The van der Waals surface area contributed by atoms with Crippen molar-refractivity contribution < 1.29 is 14.3 Å². The summed E-state index contributed by atoms with van der Waals surface area (Å²) in [5.41, 5.74) is 0.763. The first-order valence-corrected chi connectivity index (χ1v) is 9.15. The number of benzene rings is 1. The molecule has 0 spiro atoms. The van der Waals surface area contributed by atoms with E-state index in [1.54, 1.807) is 7.11 Å². The molecule has 0 aliphatic carbocycles. The number of nitrogens with zero attached hydrogens (tertiary/aromatic N) is 2. The normalized spacial score (nSPS) is 23.6. The topological polar surface area (TPSA) is 42.0 Å². The van der Waals surface area contributed by atoms with E-state index >= 15 is 0 Å². The standard InChI is InChI=1S/C19H27ClN2O3/c1-19(2,3)25-18(23)22-11-14-9-21(10-15(14)12-22)8-13-5-6-16(20)17(7-13)24-4/h5-7,14-15H,8-12H2,1-4H3. The number of rotatable bonds is 3. The molecular formula is C19H27ClN2O3. The van der Waals surface area contributed by atoms with E-state index < -0.39 is 5.60 Å². The molecule has 5 nitrogen and oxygen atoms in total. The van der Waals surface area contributed by atoms with Gasteiger partial charge in [-0.1, -0.05) is 17.7 Å². The van der Waals surface area contributed by atoms with Crippen LogP contribution in [0, 0.1) is 11.8 Å². The van der Waals surface area contributed by atoms with Gasteiger partial charge in [0.1, 0.15) is 11.4 Å². The largest absolute Gasteiger partial charge is 0.495 e. The molecule has 0 saturated carbocycles. The highest BCUT2D eigenvalue weighted by Crippen LogP contribution is 2.33. The van der Waals surface area contributed by atoms with Crippen molar-refractivity contribution in [3.8, 4) is 5.75 Å². The van der Waals surface area contributed by atoms with E-state index in [0.29, 0.717) is 16.9 Å². The van der Waals surface area contributed by atoms with E-state index in [9.17, 15) is 4.79 Å². The molecule has 0 bridgehead atoms. The van der Waals surface area contributed by atoms with Crippen LogP contribution in [0.1, 0.15) is 26.3 Å². The molecular weight excluding hydrogens is 340 g/mol. The minimum absolute atomic E-state index is 0.184. The van der Waals surface area contributed by atoms with Crippen molar-refractivity contribution in [2.75, 3.05) is 33.3 Å². The zero-order chi connectivity index (χ0) is 18.2. The number of ether oxygens (including phenoxy) is 2. The van der Waals surface area contributed by atoms with Gasteiger partial charge in [0.25, 0.3) is 0 Å². The summed E-state index contributed by atoms with van der Waals surface area (Å²) in [5.74, 6) is 1.78. The molecule has 2 heterocycles. The van der Waals surface area contributed by atoms with Crippen molar-refractivity contribution in [2.45, 2.75) is 32.9 Å². The molecule has 2 aliphatic heterocycles. The predicted molar refractivity (Wildman–Crippen MR) is 98.1 cm³/mol. The van der Waals surface area contributed by atoms with Crippen molar-refractivity contribution in [1.29, 1.82) is 0 Å². The van der Waals surface area contributed by atoms with Crippen LogP contribution in [-0.4, -0.2) is 54.8 Å². The Labute approximate surface area is 154 Å². The Bertz CT molecular complexity index is 630. The summed E-state index contributed by atoms with van der Waals surface area (Å²) < 4.78 is 10.8. The minimum atomic E-state index is -0.436. The molecule has 2 unspecified atom stereocenters. The molecule has 2 fully saturated rings. The summed E-state index contributed by atoms with van der Waals surface area (Å²) in [7, 11) is 1.64. The number of hydrogen-bond donors (Lipinski definition) is 0. The molecule has 25 heavy (non-hydrogen) atoms. The molecule has 1 aromatic rings. The lowest BCUT2D eigenvalue weighted by Gasteiger charge is -2.26. The van der Waals surface area contributed by atoms with Crippen molar-refractivity contribution >= 4 is 17.7 Å². The number of amides is 1. The first-order chi connectivity index (χ1) is 11.7. The number of fused-ring (bicyclic) bond motifs is 1. The first kappa shape index (κ1) is 18.3. The number of carbonyl (C=O) groups excluding carboxylic acids is 1. The Kier molecular flexibility index (Phi) is 5.16. The van der Waals surface area contributed by atoms with Gasteiger partial charge >= 0.3 is 6.09 Å². The van der Waals surface area contributed by atoms with Gasteiger partial charge in [0.05, 0.1) is 12.1 Å². The number of halogens is 1. The molecule has 1 aromatic carbocycles. The van der Waals surface area contributed by atoms with Gasteiger partial charge in [-0.3, -0.25) is 4.90 Å². The Morgan fingerprint density at radius 3 is 2.40 bits per heavy atom. The molecule has 0 aromatic heterocycles. The first-order valence-electron chi connectivity index (χ1n) is 8.78. The maximum absolute atomic E-state index is 12.2. The van der Waals surface area contributed by atoms with Crippen LogP contribution in [0.5, 0.6) is 5.75 Å². The average molecular weight is 367 g/mol. The Hall–Kier alpha value is -1.46. The van der Waals surface area contributed by atoms with E-state index in [-0.39, 0.29) is 6.09 Å². The van der Waals surface area contributed by atoms with Crippen LogP contribution in [0.4, 0.5) is 4.79 Å². The predicted octanol–water partition coefficient (Wildman–Crippen LogP) is 3.65. The highest BCUT2D eigenvalue weighted by atomic mass is 35.5. The number of methoxy groups -OCH3 is 1. The van der Waals surface area contributed by atoms with Crippen molar-refractivity contribution in [1.82, 2.24) is 9.80 Å². The Balaban J connectivity index is 1.54. The quantitative estimate of drug-likeness (QED) is 0.818. The molecule has 3 rings (SSSR count). The summed E-state index contributed by atoms with van der Waals surface area (Å²) in [6.45, 7) is 10.2. The summed E-state index contributed by atoms with van der Waals surface area (Å²) in [4.78, 5) is 16.5. The average Bonchev–Trinajstić information content (AvgIpc) is 3.05. The fourth-order valence-corrected chi connectivity index (χ4v) is 3.95. The van der Waals surface area contributed by atoms with Crippen LogP contribution in [0.3, 0.4) is 0 Å². The molecule has 2 aliphatic rings. The van der Waals surface area contributed by atoms with Crippen LogP contribution in [0.25, 0.3) is 0 Å². The third kappa shape index (κ3) is 4.39. The minimum Gasteiger partial charge on any atom is -0.495 e. The van der Waals surface area contributed by atoms with E-state index in [1.165, 1.54) is 5.56 Å². The lowest BCUT2D eigenvalue weighted by molar-refractivity contribution is 0.0274. The second-order valence-electron chi connectivity index (χ2n) is 8.07. The van der Waals surface area contributed by atoms with Gasteiger partial charge in [-0.2, -0.15) is 0 Å². The fraction of sp³-hybridized carbons (Fsp3) is 0.632. The van der Waals surface area contributed by atoms with Crippen molar-refractivity contribution in [3.63, 3.8) is 0 Å². The molecule has 2 saturated heterocycles. The van der Waals surface area contributed by atoms with E-state index in [4.69, 9.17) is 21.1 Å². The van der Waals surface area contributed by atoms with Crippen LogP contribution < -0.4 is 4.74 Å². The van der Waals surface area contributed by atoms with Crippen LogP contribution in [-0.2, 0) is 11.3 Å². The number of likely N-dealkylation sites (tertiary alicyclic amines) is 2. The monoisotopic (exact) mass is 366 g/mol. The lowest BCUT2D eigenvalue weighted by atomic mass is 10.0. The number of carbonyl (C=O) groups is 1. The van der Waals surface area contributed by atoms with Gasteiger partial charge in [0.2, 0.25) is 0 Å². The maximum Gasteiger partial charge on any atom is 0.410 e. The zero-order valence-corrected chi connectivity index (χ0v) is 16.2. The third-order valence-electron chi connectivity index (χ3n) is 4.84. The van der Waals surface area contributed by atoms with Crippen LogP contribution in [0.15, 0.2) is 18.2 Å². The SMILES string of the molecule is COc1cc(CN2CC3CN(C(=O)OC(C)(C)C)CC3C2)ccc1Cl. The second-order valence-corrected chi connectivity index (χ2v) is 8.48. The van der Waals surface area contributed by atoms with Gasteiger partial charge in [0.15, 0.2) is 0 Å². The molecule has 2 atom stereocenters. The Morgan fingerprint density at radius 1 is 1.20 bits per heavy atom. The van der Waals surface area contributed by atoms with Gasteiger partial charge in [0, 0.05) is 32.7 Å². The molecule has 0 N–H and O–H groups in total. The zero-order valence-electron chi connectivity index (χ0n) is 15.4. The highest BCUT2D eigenvalue weighted by Gasteiger charge is 2.42. The van der Waals surface area contributed by atoms with Gasteiger partial charge in [-0.25, -0.2) is 4.79 Å². The molecule has 6 heteroatoms. The summed E-state index contributed by atoms with van der Waals surface area (Å²) in [6, 6.07) is 5.94. The highest BCUT2D eigenvalue weighted by molar-refractivity contribution is 6.32. The van der Waals surface area contributed by atoms with E-state index in [1.807, 2.05) is 43.9 Å². The van der Waals surface area contributed by atoms with Gasteiger partial charge in [-0.05, 0) is 50.3 Å². The van der Waals surface area contributed by atoms with E-state index in [0.717, 1.165) is 38.5 Å². The van der Waals surface area contributed by atoms with Crippen molar-refractivity contribution in [3.05, 3.63) is 28.8 Å². The van der Waals surface area contributed by atoms with E-state index in [2.05, 4.69) is 4.90 Å².